The number of carbonyl (C=O) groups excluding carboxylic acids is 2. The average molecular weight is 461 g/mol. The molecule has 2 rings (SSSR count). The van der Waals surface area contributed by atoms with Gasteiger partial charge in [0, 0.05) is 31.3 Å². The Hall–Kier alpha value is -4.09. The lowest BCUT2D eigenvalue weighted by Crippen LogP contribution is -2.49. The van der Waals surface area contributed by atoms with Crippen LogP contribution in [0, 0.1) is 0 Å². The molecule has 1 heterocycles. The van der Waals surface area contributed by atoms with Gasteiger partial charge in [-0.15, -0.1) is 0 Å². The average Bonchev–Trinajstić information content (AvgIpc) is 2.78. The highest BCUT2D eigenvalue weighted by atomic mass is 16.5. The van der Waals surface area contributed by atoms with Gasteiger partial charge in [0.1, 0.15) is 28.9 Å². The van der Waals surface area contributed by atoms with Crippen molar-refractivity contribution in [3.05, 3.63) is 46.0 Å². The molecule has 33 heavy (non-hydrogen) atoms. The maximum Gasteiger partial charge on any atom is 0.346 e. The molecule has 0 aliphatic rings. The van der Waals surface area contributed by atoms with Crippen molar-refractivity contribution in [2.45, 2.75) is 32.4 Å². The normalized spacial score (nSPS) is 11.5. The summed E-state index contributed by atoms with van der Waals surface area (Å²) in [7, 11) is 4.31. The minimum absolute atomic E-state index is 0.0668. The van der Waals surface area contributed by atoms with Crippen molar-refractivity contribution in [3.63, 3.8) is 0 Å². The first-order valence-corrected chi connectivity index (χ1v) is 9.96. The summed E-state index contributed by atoms with van der Waals surface area (Å²) in [5.74, 6) is -1.68. The summed E-state index contributed by atoms with van der Waals surface area (Å²) in [6, 6.07) is 2.68. The predicted molar refractivity (Wildman–Crippen MR) is 119 cm³/mol. The van der Waals surface area contributed by atoms with Crippen molar-refractivity contribution in [3.8, 4) is 11.5 Å². The number of rotatable bonds is 9. The third-order valence-electron chi connectivity index (χ3n) is 4.89. The lowest BCUT2D eigenvalue weighted by molar-refractivity contribution is -0.139. The Morgan fingerprint density at radius 2 is 1.79 bits per heavy atom. The van der Waals surface area contributed by atoms with Gasteiger partial charge in [-0.1, -0.05) is 6.07 Å². The zero-order valence-corrected chi connectivity index (χ0v) is 19.0. The molecule has 178 valence electrons. The number of methoxy groups -OCH3 is 2. The number of carboxylic acids is 1. The highest BCUT2D eigenvalue weighted by Gasteiger charge is 2.26. The van der Waals surface area contributed by atoms with E-state index in [1.54, 1.807) is 32.0 Å². The molecule has 1 aromatic carbocycles. The van der Waals surface area contributed by atoms with Crippen molar-refractivity contribution in [2.24, 2.45) is 0 Å². The van der Waals surface area contributed by atoms with Crippen molar-refractivity contribution in [2.75, 3.05) is 26.6 Å². The molecule has 0 spiro atoms. The Morgan fingerprint density at radius 3 is 2.30 bits per heavy atom. The second kappa shape index (κ2) is 11.0. The summed E-state index contributed by atoms with van der Waals surface area (Å²) < 4.78 is 10.4. The lowest BCUT2D eigenvalue weighted by atomic mass is 10.1. The van der Waals surface area contributed by atoms with Crippen LogP contribution in [0.15, 0.2) is 29.2 Å². The fourth-order valence-corrected chi connectivity index (χ4v) is 2.84. The van der Waals surface area contributed by atoms with E-state index in [0.717, 1.165) is 0 Å². The van der Waals surface area contributed by atoms with E-state index in [2.05, 4.69) is 20.6 Å². The van der Waals surface area contributed by atoms with Crippen LogP contribution in [0.1, 0.15) is 29.8 Å². The SMILES string of the molecule is COc1cccc(OC)c1C(=O)Nc1nc(=O)[nH]cc1CC(NC(=O)N(C)C(C)C)C(=O)O. The summed E-state index contributed by atoms with van der Waals surface area (Å²) in [4.78, 5) is 56.3. The van der Waals surface area contributed by atoms with E-state index in [-0.39, 0.29) is 40.9 Å². The van der Waals surface area contributed by atoms with Gasteiger partial charge in [0.25, 0.3) is 5.91 Å². The number of aromatic amines is 1. The van der Waals surface area contributed by atoms with Crippen molar-refractivity contribution >= 4 is 23.7 Å². The fourth-order valence-electron chi connectivity index (χ4n) is 2.84. The number of anilines is 1. The van der Waals surface area contributed by atoms with Gasteiger partial charge in [0.05, 0.1) is 14.2 Å². The Kier molecular flexibility index (Phi) is 8.37. The molecule has 0 aliphatic carbocycles. The molecule has 4 N–H and O–H groups in total. The van der Waals surface area contributed by atoms with Gasteiger partial charge in [-0.2, -0.15) is 4.98 Å². The quantitative estimate of drug-likeness (QED) is 0.431. The van der Waals surface area contributed by atoms with Crippen LogP contribution in [0.25, 0.3) is 0 Å². The molecule has 1 atom stereocenters. The monoisotopic (exact) mass is 461 g/mol. The maximum atomic E-state index is 13.0. The Morgan fingerprint density at radius 1 is 1.18 bits per heavy atom. The molecule has 0 saturated carbocycles. The zero-order chi connectivity index (χ0) is 24.7. The number of amides is 3. The molecule has 0 saturated heterocycles. The van der Waals surface area contributed by atoms with E-state index in [9.17, 15) is 24.3 Å². The van der Waals surface area contributed by atoms with Gasteiger partial charge in [-0.3, -0.25) is 4.79 Å². The first-order chi connectivity index (χ1) is 15.6. The number of benzene rings is 1. The van der Waals surface area contributed by atoms with Crippen LogP contribution < -0.4 is 25.8 Å². The standard InChI is InChI=1S/C21H27N5O7/c1-11(2)26(3)21(31)23-13(19(28)29)9-12-10-22-20(30)25-17(12)24-18(27)16-14(32-4)7-6-8-15(16)33-5/h6-8,10-11,13H,9H2,1-5H3,(H,23,31)(H,28,29)(H2,22,24,25,27,30). The number of ether oxygens (including phenoxy) is 2. The second-order valence-corrected chi connectivity index (χ2v) is 7.32. The largest absolute Gasteiger partial charge is 0.496 e. The van der Waals surface area contributed by atoms with Crippen LogP contribution >= 0.6 is 0 Å². The molecule has 0 bridgehead atoms. The molecular formula is C21H27N5O7. The third kappa shape index (κ3) is 6.21. The topological polar surface area (TPSA) is 163 Å². The molecule has 12 nitrogen and oxygen atoms in total. The number of aliphatic carboxylic acids is 1. The van der Waals surface area contributed by atoms with Crippen LogP contribution in [0.5, 0.6) is 11.5 Å². The summed E-state index contributed by atoms with van der Waals surface area (Å²) in [6.45, 7) is 3.56. The Bertz CT molecular complexity index is 1060. The minimum Gasteiger partial charge on any atom is -0.496 e. The van der Waals surface area contributed by atoms with Gasteiger partial charge in [0.2, 0.25) is 0 Å². The van der Waals surface area contributed by atoms with E-state index in [1.165, 1.54) is 32.4 Å². The van der Waals surface area contributed by atoms with E-state index in [4.69, 9.17) is 9.47 Å². The Labute approximate surface area is 189 Å². The maximum absolute atomic E-state index is 13.0. The second-order valence-electron chi connectivity index (χ2n) is 7.32. The van der Waals surface area contributed by atoms with E-state index < -0.39 is 29.6 Å². The van der Waals surface area contributed by atoms with Gasteiger partial charge in [-0.25, -0.2) is 14.4 Å². The van der Waals surface area contributed by atoms with Gasteiger partial charge < -0.3 is 35.1 Å². The molecule has 1 unspecified atom stereocenters. The first-order valence-electron chi connectivity index (χ1n) is 9.96. The molecule has 0 aliphatic heterocycles. The summed E-state index contributed by atoms with van der Waals surface area (Å²) in [5, 5.41) is 14.5. The highest BCUT2D eigenvalue weighted by Crippen LogP contribution is 2.29. The van der Waals surface area contributed by atoms with Crippen LogP contribution in [0.4, 0.5) is 10.6 Å². The molecule has 3 amide bonds. The van der Waals surface area contributed by atoms with Crippen LogP contribution in [0.3, 0.4) is 0 Å². The van der Waals surface area contributed by atoms with Gasteiger partial charge >= 0.3 is 17.7 Å². The number of hydrogen-bond acceptors (Lipinski definition) is 7. The van der Waals surface area contributed by atoms with Crippen molar-refractivity contribution in [1.82, 2.24) is 20.2 Å². The Balaban J connectivity index is 2.36. The smallest absolute Gasteiger partial charge is 0.346 e. The van der Waals surface area contributed by atoms with Crippen molar-refractivity contribution < 1.29 is 29.0 Å². The number of aromatic nitrogens is 2. The summed E-state index contributed by atoms with van der Waals surface area (Å²) >= 11 is 0. The molecule has 0 fully saturated rings. The third-order valence-corrected chi connectivity index (χ3v) is 4.89. The van der Waals surface area contributed by atoms with Gasteiger partial charge in [-0.05, 0) is 26.0 Å². The molecular weight excluding hydrogens is 434 g/mol. The van der Waals surface area contributed by atoms with Crippen LogP contribution in [0.2, 0.25) is 0 Å². The summed E-state index contributed by atoms with van der Waals surface area (Å²) in [5.41, 5.74) is -0.495. The number of carboxylic acid groups (broad SMARTS) is 1. The van der Waals surface area contributed by atoms with Gasteiger partial charge in [0.15, 0.2) is 0 Å². The molecule has 0 radical (unpaired) electrons. The van der Waals surface area contributed by atoms with E-state index >= 15 is 0 Å². The number of hydrogen-bond donors (Lipinski definition) is 4. The van der Waals surface area contributed by atoms with Crippen molar-refractivity contribution in [1.29, 1.82) is 0 Å². The molecule has 12 heteroatoms. The number of urea groups is 1. The minimum atomic E-state index is -1.34. The summed E-state index contributed by atoms with van der Waals surface area (Å²) in [6.07, 6.45) is 0.980. The lowest BCUT2D eigenvalue weighted by Gasteiger charge is -2.24. The number of carbonyl (C=O) groups is 3. The number of H-pyrrole nitrogens is 1. The van der Waals surface area contributed by atoms with Crippen LogP contribution in [-0.4, -0.2) is 71.2 Å². The van der Waals surface area contributed by atoms with E-state index in [1.807, 2.05) is 0 Å². The fraction of sp³-hybridized carbons (Fsp3) is 0.381. The highest BCUT2D eigenvalue weighted by molar-refractivity contribution is 6.08. The molecule has 1 aromatic heterocycles. The number of nitrogens with one attached hydrogen (secondary N) is 3. The number of nitrogens with zero attached hydrogens (tertiary/aromatic N) is 2. The first kappa shape index (κ1) is 25.2. The predicted octanol–water partition coefficient (Wildman–Crippen LogP) is 1.08. The molecule has 2 aromatic rings. The van der Waals surface area contributed by atoms with Crippen LogP contribution in [-0.2, 0) is 11.2 Å². The van der Waals surface area contributed by atoms with E-state index in [0.29, 0.717) is 0 Å². The zero-order valence-electron chi connectivity index (χ0n) is 19.0.